The van der Waals surface area contributed by atoms with Gasteiger partial charge in [-0.3, -0.25) is 4.57 Å². The van der Waals surface area contributed by atoms with Gasteiger partial charge in [-0.05, 0) is 13.0 Å². The van der Waals surface area contributed by atoms with E-state index in [-0.39, 0.29) is 12.2 Å². The number of aryl methyl sites for hydroxylation is 1. The van der Waals surface area contributed by atoms with E-state index < -0.39 is 0 Å². The van der Waals surface area contributed by atoms with Crippen LogP contribution in [0.1, 0.15) is 11.5 Å². The van der Waals surface area contributed by atoms with Crippen LogP contribution in [-0.4, -0.2) is 19.5 Å². The summed E-state index contributed by atoms with van der Waals surface area (Å²) in [4.78, 5) is 23.2. The molecule has 2 aromatic rings. The maximum atomic E-state index is 11.4. The van der Waals surface area contributed by atoms with Crippen LogP contribution in [0.3, 0.4) is 0 Å². The fourth-order valence-corrected chi connectivity index (χ4v) is 1.39. The zero-order valence-corrected chi connectivity index (χ0v) is 8.79. The molecule has 6 heteroatoms. The van der Waals surface area contributed by atoms with Crippen LogP contribution in [0.25, 0.3) is 0 Å². The van der Waals surface area contributed by atoms with Gasteiger partial charge in [0, 0.05) is 24.2 Å². The molecular weight excluding hydrogens is 206 g/mol. The first-order valence-electron chi connectivity index (χ1n) is 4.76. The van der Waals surface area contributed by atoms with Gasteiger partial charge in [0.25, 0.3) is 0 Å². The Balaban J connectivity index is 2.34. The standard InChI is InChI=1S/C10H11N5O/c1-7-5-8(11)14-9(13-7)6-15-4-2-3-12-10(15)16/h2-5H,6H2,1H3,(H2,11,13,14). The highest BCUT2D eigenvalue weighted by Crippen LogP contribution is 2.02. The van der Waals surface area contributed by atoms with E-state index in [0.717, 1.165) is 5.69 Å². The first kappa shape index (κ1) is 10.3. The molecule has 0 aliphatic carbocycles. The largest absolute Gasteiger partial charge is 0.384 e. The Morgan fingerprint density at radius 1 is 1.44 bits per heavy atom. The molecular formula is C10H11N5O. The molecule has 0 aliphatic heterocycles. The van der Waals surface area contributed by atoms with Gasteiger partial charge in [0.15, 0.2) is 5.82 Å². The van der Waals surface area contributed by atoms with Crippen molar-refractivity contribution in [3.05, 3.63) is 46.5 Å². The second kappa shape index (κ2) is 4.09. The average Bonchev–Trinajstić information content (AvgIpc) is 2.20. The van der Waals surface area contributed by atoms with Crippen LogP contribution in [0.2, 0.25) is 0 Å². The molecule has 0 spiro atoms. The number of nitrogen functional groups attached to an aromatic ring is 1. The molecule has 0 radical (unpaired) electrons. The van der Waals surface area contributed by atoms with Gasteiger partial charge in [0.1, 0.15) is 5.82 Å². The van der Waals surface area contributed by atoms with Crippen molar-refractivity contribution in [1.29, 1.82) is 0 Å². The first-order chi connectivity index (χ1) is 7.65. The lowest BCUT2D eigenvalue weighted by molar-refractivity contribution is 0.688. The molecule has 0 unspecified atom stereocenters. The minimum absolute atomic E-state index is 0.276. The zero-order chi connectivity index (χ0) is 11.5. The van der Waals surface area contributed by atoms with E-state index in [9.17, 15) is 4.79 Å². The number of rotatable bonds is 2. The summed E-state index contributed by atoms with van der Waals surface area (Å²) in [6, 6.07) is 3.36. The van der Waals surface area contributed by atoms with Crippen LogP contribution in [0, 0.1) is 6.92 Å². The van der Waals surface area contributed by atoms with E-state index in [4.69, 9.17) is 5.73 Å². The predicted molar refractivity (Wildman–Crippen MR) is 58.8 cm³/mol. The lowest BCUT2D eigenvalue weighted by Crippen LogP contribution is -2.23. The van der Waals surface area contributed by atoms with Crippen LogP contribution in [0.4, 0.5) is 5.82 Å². The molecule has 2 rings (SSSR count). The van der Waals surface area contributed by atoms with Crippen molar-refractivity contribution >= 4 is 5.82 Å². The van der Waals surface area contributed by atoms with Crippen LogP contribution in [-0.2, 0) is 6.54 Å². The van der Waals surface area contributed by atoms with Gasteiger partial charge in [-0.15, -0.1) is 0 Å². The number of nitrogens with zero attached hydrogens (tertiary/aromatic N) is 4. The van der Waals surface area contributed by atoms with Gasteiger partial charge in [0.05, 0.1) is 6.54 Å². The number of hydrogen-bond acceptors (Lipinski definition) is 5. The predicted octanol–water partition coefficient (Wildman–Crippen LogP) is -0.0278. The number of nitrogens with two attached hydrogens (primary N) is 1. The monoisotopic (exact) mass is 217 g/mol. The lowest BCUT2D eigenvalue weighted by Gasteiger charge is -2.04. The van der Waals surface area contributed by atoms with Crippen molar-refractivity contribution < 1.29 is 0 Å². The van der Waals surface area contributed by atoms with Gasteiger partial charge in [-0.25, -0.2) is 19.7 Å². The second-order valence-corrected chi connectivity index (χ2v) is 3.38. The van der Waals surface area contributed by atoms with E-state index in [1.165, 1.54) is 10.8 Å². The van der Waals surface area contributed by atoms with Gasteiger partial charge in [-0.1, -0.05) is 0 Å². The molecule has 0 aliphatic rings. The van der Waals surface area contributed by atoms with Crippen molar-refractivity contribution in [2.45, 2.75) is 13.5 Å². The highest BCUT2D eigenvalue weighted by atomic mass is 16.1. The lowest BCUT2D eigenvalue weighted by atomic mass is 10.4. The summed E-state index contributed by atoms with van der Waals surface area (Å²) in [6.07, 6.45) is 3.08. The summed E-state index contributed by atoms with van der Waals surface area (Å²) in [5, 5.41) is 0. The molecule has 16 heavy (non-hydrogen) atoms. The van der Waals surface area contributed by atoms with Gasteiger partial charge in [0.2, 0.25) is 0 Å². The second-order valence-electron chi connectivity index (χ2n) is 3.38. The number of anilines is 1. The van der Waals surface area contributed by atoms with E-state index in [1.807, 2.05) is 6.92 Å². The molecule has 2 N–H and O–H groups in total. The van der Waals surface area contributed by atoms with Crippen molar-refractivity contribution in [3.8, 4) is 0 Å². The molecule has 82 valence electrons. The maximum Gasteiger partial charge on any atom is 0.347 e. The summed E-state index contributed by atoms with van der Waals surface area (Å²) >= 11 is 0. The first-order valence-corrected chi connectivity index (χ1v) is 4.76. The van der Waals surface area contributed by atoms with E-state index in [1.54, 1.807) is 18.3 Å². The highest BCUT2D eigenvalue weighted by Gasteiger charge is 2.02. The molecule has 2 heterocycles. The summed E-state index contributed by atoms with van der Waals surface area (Å²) in [5.41, 5.74) is 6.05. The molecule has 2 aromatic heterocycles. The van der Waals surface area contributed by atoms with Crippen LogP contribution in [0.5, 0.6) is 0 Å². The van der Waals surface area contributed by atoms with Gasteiger partial charge in [-0.2, -0.15) is 0 Å². The summed E-state index contributed by atoms with van der Waals surface area (Å²) in [7, 11) is 0. The summed E-state index contributed by atoms with van der Waals surface area (Å²) < 4.78 is 1.42. The number of hydrogen-bond donors (Lipinski definition) is 1. The third-order valence-electron chi connectivity index (χ3n) is 2.01. The van der Waals surface area contributed by atoms with E-state index in [0.29, 0.717) is 11.6 Å². The quantitative estimate of drug-likeness (QED) is 0.763. The number of aromatic nitrogens is 4. The van der Waals surface area contributed by atoms with Crippen molar-refractivity contribution in [2.24, 2.45) is 0 Å². The van der Waals surface area contributed by atoms with Gasteiger partial charge >= 0.3 is 5.69 Å². The molecule has 0 bridgehead atoms. The van der Waals surface area contributed by atoms with E-state index >= 15 is 0 Å². The maximum absolute atomic E-state index is 11.4. The van der Waals surface area contributed by atoms with Gasteiger partial charge < -0.3 is 5.73 Å². The Labute approximate surface area is 91.8 Å². The third kappa shape index (κ3) is 2.22. The smallest absolute Gasteiger partial charge is 0.347 e. The minimum atomic E-state index is -0.328. The van der Waals surface area contributed by atoms with Crippen LogP contribution in [0.15, 0.2) is 29.3 Å². The van der Waals surface area contributed by atoms with Crippen molar-refractivity contribution in [3.63, 3.8) is 0 Å². The fourth-order valence-electron chi connectivity index (χ4n) is 1.39. The third-order valence-corrected chi connectivity index (χ3v) is 2.01. The minimum Gasteiger partial charge on any atom is -0.384 e. The average molecular weight is 217 g/mol. The zero-order valence-electron chi connectivity index (χ0n) is 8.79. The van der Waals surface area contributed by atoms with E-state index in [2.05, 4.69) is 15.0 Å². The molecule has 0 saturated heterocycles. The molecule has 0 atom stereocenters. The molecule has 0 amide bonds. The molecule has 0 aromatic carbocycles. The highest BCUT2D eigenvalue weighted by molar-refractivity contribution is 5.29. The van der Waals surface area contributed by atoms with Crippen LogP contribution >= 0.6 is 0 Å². The molecule has 0 saturated carbocycles. The molecule has 6 nitrogen and oxygen atoms in total. The topological polar surface area (TPSA) is 86.7 Å². The fraction of sp³-hybridized carbons (Fsp3) is 0.200. The normalized spacial score (nSPS) is 10.3. The van der Waals surface area contributed by atoms with Crippen LogP contribution < -0.4 is 11.4 Å². The van der Waals surface area contributed by atoms with Crippen molar-refractivity contribution in [2.75, 3.05) is 5.73 Å². The van der Waals surface area contributed by atoms with Crippen molar-refractivity contribution in [1.82, 2.24) is 19.5 Å². The Bertz CT molecular complexity index is 543. The molecule has 0 fully saturated rings. The Morgan fingerprint density at radius 2 is 2.25 bits per heavy atom. The Kier molecular flexibility index (Phi) is 2.63. The Hall–Kier alpha value is -2.24. The summed E-state index contributed by atoms with van der Waals surface area (Å²) in [5.74, 6) is 0.909. The summed E-state index contributed by atoms with van der Waals surface area (Å²) in [6.45, 7) is 2.10. The SMILES string of the molecule is Cc1cc(N)nc(Cn2cccnc2=O)n1. The Morgan fingerprint density at radius 3 is 2.94 bits per heavy atom.